The molecule has 5 nitrogen and oxygen atoms in total. The van der Waals surface area contributed by atoms with Gasteiger partial charge in [-0.05, 0) is 38.1 Å². The summed E-state index contributed by atoms with van der Waals surface area (Å²) in [7, 11) is 0. The van der Waals surface area contributed by atoms with Gasteiger partial charge in [0.05, 0.1) is 12.0 Å². The summed E-state index contributed by atoms with van der Waals surface area (Å²) in [6.07, 6.45) is 6.87. The first kappa shape index (κ1) is 14.3. The summed E-state index contributed by atoms with van der Waals surface area (Å²) >= 11 is 0. The molecule has 5 heteroatoms. The molecule has 3 N–H and O–H groups in total. The largest absolute Gasteiger partial charge is 0.481 e. The predicted octanol–water partition coefficient (Wildman–Crippen LogP) is 1.14. The zero-order chi connectivity index (χ0) is 13.7. The molecule has 0 aromatic carbocycles. The molecular formula is C14H24N2O3. The quantitative estimate of drug-likeness (QED) is 0.647. The fourth-order valence-corrected chi connectivity index (χ4v) is 2.74. The van der Waals surface area contributed by atoms with Crippen molar-refractivity contribution in [2.45, 2.75) is 44.9 Å². The number of rotatable bonds is 7. The molecule has 0 aromatic rings. The number of aliphatic carboxylic acids is 1. The van der Waals surface area contributed by atoms with E-state index in [9.17, 15) is 14.7 Å². The predicted molar refractivity (Wildman–Crippen MR) is 71.8 cm³/mol. The number of carboxylic acids is 1. The number of carbonyl (C=O) groups is 2. The molecule has 0 saturated heterocycles. The minimum absolute atomic E-state index is 0.0909. The van der Waals surface area contributed by atoms with E-state index < -0.39 is 11.4 Å². The highest BCUT2D eigenvalue weighted by Gasteiger charge is 2.39. The van der Waals surface area contributed by atoms with Crippen molar-refractivity contribution >= 4 is 11.9 Å². The first-order valence-corrected chi connectivity index (χ1v) is 7.33. The molecule has 1 amide bonds. The van der Waals surface area contributed by atoms with E-state index in [2.05, 4.69) is 10.6 Å². The zero-order valence-electron chi connectivity index (χ0n) is 11.4. The van der Waals surface area contributed by atoms with E-state index in [1.54, 1.807) is 0 Å². The molecule has 2 aliphatic carbocycles. The first-order chi connectivity index (χ1) is 9.12. The van der Waals surface area contributed by atoms with Gasteiger partial charge in [-0.1, -0.05) is 19.3 Å². The summed E-state index contributed by atoms with van der Waals surface area (Å²) in [5, 5.41) is 15.3. The Hall–Kier alpha value is -1.10. The SMILES string of the molecule is O=C(CNCC1CC1)NCC1(C(=O)O)CCCCC1. The normalized spacial score (nSPS) is 21.9. The lowest BCUT2D eigenvalue weighted by Gasteiger charge is -2.33. The summed E-state index contributed by atoms with van der Waals surface area (Å²) in [5.41, 5.74) is -0.732. The minimum Gasteiger partial charge on any atom is -0.481 e. The van der Waals surface area contributed by atoms with Crippen molar-refractivity contribution in [3.63, 3.8) is 0 Å². The van der Waals surface area contributed by atoms with Crippen LogP contribution in [-0.4, -0.2) is 36.6 Å². The lowest BCUT2D eigenvalue weighted by atomic mass is 9.74. The Balaban J connectivity index is 1.71. The van der Waals surface area contributed by atoms with Crippen LogP contribution in [0.3, 0.4) is 0 Å². The van der Waals surface area contributed by atoms with Gasteiger partial charge in [-0.2, -0.15) is 0 Å². The third-order valence-electron chi connectivity index (χ3n) is 4.30. The van der Waals surface area contributed by atoms with E-state index in [0.29, 0.717) is 19.4 Å². The van der Waals surface area contributed by atoms with Crippen LogP contribution in [0.15, 0.2) is 0 Å². The maximum Gasteiger partial charge on any atom is 0.311 e. The fourth-order valence-electron chi connectivity index (χ4n) is 2.74. The maximum atomic E-state index is 11.7. The Morgan fingerprint density at radius 1 is 1.16 bits per heavy atom. The van der Waals surface area contributed by atoms with Gasteiger partial charge in [-0.15, -0.1) is 0 Å². The van der Waals surface area contributed by atoms with Crippen LogP contribution in [0.2, 0.25) is 0 Å². The Bertz CT molecular complexity index is 334. The Morgan fingerprint density at radius 2 is 1.84 bits per heavy atom. The monoisotopic (exact) mass is 268 g/mol. The average molecular weight is 268 g/mol. The molecule has 0 spiro atoms. The number of nitrogens with one attached hydrogen (secondary N) is 2. The molecule has 2 aliphatic rings. The average Bonchev–Trinajstić information content (AvgIpc) is 3.21. The van der Waals surface area contributed by atoms with Gasteiger partial charge in [-0.3, -0.25) is 9.59 Å². The second-order valence-electron chi connectivity index (χ2n) is 6.00. The number of hydrogen-bond donors (Lipinski definition) is 3. The van der Waals surface area contributed by atoms with Crippen LogP contribution in [-0.2, 0) is 9.59 Å². The molecule has 2 rings (SSSR count). The third-order valence-corrected chi connectivity index (χ3v) is 4.30. The van der Waals surface area contributed by atoms with E-state index in [-0.39, 0.29) is 12.5 Å². The summed E-state index contributed by atoms with van der Waals surface area (Å²) in [5.74, 6) is -0.109. The molecule has 2 fully saturated rings. The lowest BCUT2D eigenvalue weighted by Crippen LogP contribution is -2.46. The Kier molecular flexibility index (Phi) is 4.80. The van der Waals surface area contributed by atoms with Gasteiger partial charge in [-0.25, -0.2) is 0 Å². The molecule has 2 saturated carbocycles. The van der Waals surface area contributed by atoms with Crippen molar-refractivity contribution in [1.82, 2.24) is 10.6 Å². The van der Waals surface area contributed by atoms with E-state index in [4.69, 9.17) is 0 Å². The van der Waals surface area contributed by atoms with Crippen molar-refractivity contribution in [2.24, 2.45) is 11.3 Å². The molecule has 0 unspecified atom stereocenters. The number of carboxylic acid groups (broad SMARTS) is 1. The van der Waals surface area contributed by atoms with E-state index in [1.165, 1.54) is 12.8 Å². The van der Waals surface area contributed by atoms with Crippen LogP contribution in [0.4, 0.5) is 0 Å². The lowest BCUT2D eigenvalue weighted by molar-refractivity contribution is -0.151. The molecular weight excluding hydrogens is 244 g/mol. The molecule has 0 heterocycles. The second kappa shape index (κ2) is 6.37. The third kappa shape index (κ3) is 4.20. The van der Waals surface area contributed by atoms with Crippen molar-refractivity contribution in [1.29, 1.82) is 0 Å². The number of amides is 1. The van der Waals surface area contributed by atoms with E-state index >= 15 is 0 Å². The molecule has 19 heavy (non-hydrogen) atoms. The maximum absolute atomic E-state index is 11.7. The van der Waals surface area contributed by atoms with E-state index in [0.717, 1.165) is 31.7 Å². The molecule has 0 aliphatic heterocycles. The van der Waals surface area contributed by atoms with Gasteiger partial charge in [0.15, 0.2) is 0 Å². The molecule has 0 bridgehead atoms. The summed E-state index contributed by atoms with van der Waals surface area (Å²) in [4.78, 5) is 23.1. The highest BCUT2D eigenvalue weighted by Crippen LogP contribution is 2.35. The van der Waals surface area contributed by atoms with Crippen LogP contribution in [0, 0.1) is 11.3 Å². The van der Waals surface area contributed by atoms with Gasteiger partial charge in [0.1, 0.15) is 0 Å². The van der Waals surface area contributed by atoms with Crippen LogP contribution < -0.4 is 10.6 Å². The summed E-state index contributed by atoms with van der Waals surface area (Å²) < 4.78 is 0. The van der Waals surface area contributed by atoms with Crippen molar-refractivity contribution in [2.75, 3.05) is 19.6 Å². The Labute approximate surface area is 114 Å². The molecule has 0 atom stereocenters. The van der Waals surface area contributed by atoms with Crippen LogP contribution in [0.5, 0.6) is 0 Å². The van der Waals surface area contributed by atoms with Crippen molar-refractivity contribution in [3.8, 4) is 0 Å². The topological polar surface area (TPSA) is 78.4 Å². The van der Waals surface area contributed by atoms with E-state index in [1.807, 2.05) is 0 Å². The van der Waals surface area contributed by atoms with Crippen molar-refractivity contribution < 1.29 is 14.7 Å². The first-order valence-electron chi connectivity index (χ1n) is 7.33. The smallest absolute Gasteiger partial charge is 0.311 e. The standard InChI is InChI=1S/C14H24N2O3/c17-12(9-15-8-11-4-5-11)16-10-14(13(18)19)6-2-1-3-7-14/h11,15H,1-10H2,(H,16,17)(H,18,19). The highest BCUT2D eigenvalue weighted by atomic mass is 16.4. The van der Waals surface area contributed by atoms with Crippen molar-refractivity contribution in [3.05, 3.63) is 0 Å². The van der Waals surface area contributed by atoms with Gasteiger partial charge < -0.3 is 15.7 Å². The van der Waals surface area contributed by atoms with Gasteiger partial charge in [0, 0.05) is 6.54 Å². The van der Waals surface area contributed by atoms with Crippen LogP contribution >= 0.6 is 0 Å². The van der Waals surface area contributed by atoms with Gasteiger partial charge in [0.2, 0.25) is 5.91 Å². The minimum atomic E-state index is -0.765. The molecule has 108 valence electrons. The van der Waals surface area contributed by atoms with Crippen LogP contribution in [0.25, 0.3) is 0 Å². The summed E-state index contributed by atoms with van der Waals surface area (Å²) in [6, 6.07) is 0. The molecule has 0 radical (unpaired) electrons. The van der Waals surface area contributed by atoms with Crippen LogP contribution in [0.1, 0.15) is 44.9 Å². The fraction of sp³-hybridized carbons (Fsp3) is 0.857. The Morgan fingerprint density at radius 3 is 2.42 bits per heavy atom. The molecule has 0 aromatic heterocycles. The number of hydrogen-bond acceptors (Lipinski definition) is 3. The summed E-state index contributed by atoms with van der Waals surface area (Å²) in [6.45, 7) is 1.47. The number of carbonyl (C=O) groups excluding carboxylic acids is 1. The highest BCUT2D eigenvalue weighted by molar-refractivity contribution is 5.80. The zero-order valence-corrected chi connectivity index (χ0v) is 11.4. The second-order valence-corrected chi connectivity index (χ2v) is 6.00. The van der Waals surface area contributed by atoms with Gasteiger partial charge in [0.25, 0.3) is 0 Å². The van der Waals surface area contributed by atoms with Gasteiger partial charge >= 0.3 is 5.97 Å².